The third-order valence-corrected chi connectivity index (χ3v) is 4.02. The van der Waals surface area contributed by atoms with E-state index in [9.17, 15) is 13.2 Å². The summed E-state index contributed by atoms with van der Waals surface area (Å²) in [6.45, 7) is 2.46. The minimum atomic E-state index is -3.78. The second-order valence-electron chi connectivity index (χ2n) is 4.34. The molecule has 0 saturated heterocycles. The molecular formula is C14H16N2O4S. The van der Waals surface area contributed by atoms with Gasteiger partial charge in [0.15, 0.2) is 0 Å². The summed E-state index contributed by atoms with van der Waals surface area (Å²) in [5, 5.41) is 0. The normalized spacial score (nSPS) is 11.1. The molecule has 2 rings (SSSR count). The average Bonchev–Trinajstić information content (AvgIpc) is 2.46. The molecule has 1 heterocycles. The first-order chi connectivity index (χ1) is 10.0. The van der Waals surface area contributed by atoms with Crippen molar-refractivity contribution in [2.24, 2.45) is 0 Å². The highest BCUT2D eigenvalue weighted by molar-refractivity contribution is 7.92. The molecule has 0 amide bonds. The van der Waals surface area contributed by atoms with Crippen LogP contribution in [0.4, 0.5) is 5.69 Å². The Hall–Kier alpha value is -2.28. The number of hydrogen-bond donors (Lipinski definition) is 2. The maximum absolute atomic E-state index is 12.3. The minimum absolute atomic E-state index is 0.0209. The quantitative estimate of drug-likeness (QED) is 0.854. The van der Waals surface area contributed by atoms with E-state index in [1.165, 1.54) is 6.07 Å². The van der Waals surface area contributed by atoms with E-state index in [2.05, 4.69) is 9.71 Å². The van der Waals surface area contributed by atoms with Crippen molar-refractivity contribution >= 4 is 15.7 Å². The summed E-state index contributed by atoms with van der Waals surface area (Å²) in [6.07, 6.45) is 1.97. The Balaban J connectivity index is 2.28. The molecule has 0 fully saturated rings. The largest absolute Gasteiger partial charge is 0.491 e. The van der Waals surface area contributed by atoms with Gasteiger partial charge in [-0.1, -0.05) is 19.1 Å². The molecule has 0 atom stereocenters. The summed E-state index contributed by atoms with van der Waals surface area (Å²) >= 11 is 0. The van der Waals surface area contributed by atoms with Gasteiger partial charge < -0.3 is 9.72 Å². The van der Waals surface area contributed by atoms with E-state index in [-0.39, 0.29) is 10.5 Å². The molecule has 0 aliphatic rings. The molecule has 21 heavy (non-hydrogen) atoms. The number of hydrogen-bond acceptors (Lipinski definition) is 4. The maximum atomic E-state index is 12.3. The van der Waals surface area contributed by atoms with E-state index >= 15 is 0 Å². The van der Waals surface area contributed by atoms with Crippen molar-refractivity contribution in [1.29, 1.82) is 0 Å². The molecule has 0 spiro atoms. The molecule has 0 aliphatic carbocycles. The molecule has 0 saturated carbocycles. The fraction of sp³-hybridized carbons (Fsp3) is 0.214. The van der Waals surface area contributed by atoms with E-state index in [0.29, 0.717) is 18.0 Å². The second kappa shape index (κ2) is 6.45. The number of rotatable bonds is 6. The summed E-state index contributed by atoms with van der Waals surface area (Å²) in [4.78, 5) is 13.3. The van der Waals surface area contributed by atoms with Gasteiger partial charge in [-0.05, 0) is 24.6 Å². The van der Waals surface area contributed by atoms with Crippen molar-refractivity contribution in [3.05, 3.63) is 52.9 Å². The maximum Gasteiger partial charge on any atom is 0.263 e. The van der Waals surface area contributed by atoms with Crippen LogP contribution in [0.25, 0.3) is 0 Å². The lowest BCUT2D eigenvalue weighted by molar-refractivity contribution is 0.319. The van der Waals surface area contributed by atoms with Crippen molar-refractivity contribution in [3.8, 4) is 5.75 Å². The second-order valence-corrected chi connectivity index (χ2v) is 6.02. The van der Waals surface area contributed by atoms with Crippen LogP contribution in [-0.2, 0) is 10.0 Å². The molecule has 1 aromatic heterocycles. The number of anilines is 1. The van der Waals surface area contributed by atoms with Gasteiger partial charge in [-0.2, -0.15) is 0 Å². The van der Waals surface area contributed by atoms with Crippen LogP contribution in [0.1, 0.15) is 13.3 Å². The lowest BCUT2D eigenvalue weighted by Crippen LogP contribution is -2.16. The number of H-pyrrole nitrogens is 1. The lowest BCUT2D eigenvalue weighted by Gasteiger charge is -2.13. The van der Waals surface area contributed by atoms with Crippen LogP contribution in [-0.4, -0.2) is 20.0 Å². The van der Waals surface area contributed by atoms with Gasteiger partial charge in [0.25, 0.3) is 10.0 Å². The van der Waals surface area contributed by atoms with Gasteiger partial charge >= 0.3 is 0 Å². The summed E-state index contributed by atoms with van der Waals surface area (Å²) in [5.74, 6) is 0.465. The first kappa shape index (κ1) is 15.1. The number of benzene rings is 1. The van der Waals surface area contributed by atoms with Gasteiger partial charge in [0.05, 0.1) is 12.3 Å². The van der Waals surface area contributed by atoms with Crippen molar-refractivity contribution in [3.63, 3.8) is 0 Å². The highest BCUT2D eigenvalue weighted by atomic mass is 32.2. The molecule has 2 aromatic rings. The van der Waals surface area contributed by atoms with Crippen LogP contribution in [0.15, 0.2) is 52.3 Å². The Labute approximate surface area is 122 Å². The third kappa shape index (κ3) is 3.85. The van der Waals surface area contributed by atoms with E-state index in [4.69, 9.17) is 4.74 Å². The monoisotopic (exact) mass is 308 g/mol. The van der Waals surface area contributed by atoms with E-state index in [1.54, 1.807) is 24.3 Å². The summed E-state index contributed by atoms with van der Waals surface area (Å²) in [7, 11) is -3.78. The number of aromatic nitrogens is 1. The van der Waals surface area contributed by atoms with Crippen LogP contribution in [0, 0.1) is 0 Å². The minimum Gasteiger partial charge on any atom is -0.491 e. The number of ether oxygens (including phenoxy) is 1. The fourth-order valence-corrected chi connectivity index (χ4v) is 2.69. The molecule has 6 nitrogen and oxygen atoms in total. The molecule has 0 radical (unpaired) electrons. The Kier molecular flexibility index (Phi) is 4.64. The fourth-order valence-electron chi connectivity index (χ4n) is 1.66. The predicted molar refractivity (Wildman–Crippen MR) is 80.1 cm³/mol. The number of para-hydroxylation sites is 2. The third-order valence-electron chi connectivity index (χ3n) is 2.66. The zero-order valence-corrected chi connectivity index (χ0v) is 12.3. The summed E-state index contributed by atoms with van der Waals surface area (Å²) < 4.78 is 32.5. The molecule has 7 heteroatoms. The van der Waals surface area contributed by atoms with E-state index in [1.807, 2.05) is 6.92 Å². The zero-order chi connectivity index (χ0) is 15.3. The van der Waals surface area contributed by atoms with Crippen LogP contribution in [0.3, 0.4) is 0 Å². The molecule has 0 aliphatic heterocycles. The van der Waals surface area contributed by atoms with E-state index in [0.717, 1.165) is 18.7 Å². The Morgan fingerprint density at radius 3 is 2.62 bits per heavy atom. The Bertz CT molecular complexity index is 748. The topological polar surface area (TPSA) is 88.3 Å². The number of sulfonamides is 1. The van der Waals surface area contributed by atoms with Crippen molar-refractivity contribution in [2.75, 3.05) is 11.3 Å². The van der Waals surface area contributed by atoms with Gasteiger partial charge in [-0.25, -0.2) is 8.42 Å². The van der Waals surface area contributed by atoms with Crippen LogP contribution < -0.4 is 15.0 Å². The Morgan fingerprint density at radius 1 is 1.19 bits per heavy atom. The molecular weight excluding hydrogens is 292 g/mol. The van der Waals surface area contributed by atoms with Gasteiger partial charge in [-0.3, -0.25) is 9.52 Å². The van der Waals surface area contributed by atoms with Crippen molar-refractivity contribution < 1.29 is 13.2 Å². The Morgan fingerprint density at radius 2 is 1.95 bits per heavy atom. The predicted octanol–water partition coefficient (Wildman–Crippen LogP) is 1.96. The van der Waals surface area contributed by atoms with Gasteiger partial charge in [0.2, 0.25) is 5.56 Å². The van der Waals surface area contributed by atoms with E-state index < -0.39 is 10.0 Å². The first-order valence-corrected chi connectivity index (χ1v) is 7.94. The molecule has 112 valence electrons. The van der Waals surface area contributed by atoms with Gasteiger partial charge in [0.1, 0.15) is 10.6 Å². The van der Waals surface area contributed by atoms with Crippen molar-refractivity contribution in [1.82, 2.24) is 4.98 Å². The van der Waals surface area contributed by atoms with Crippen LogP contribution >= 0.6 is 0 Å². The number of pyridine rings is 1. The molecule has 0 unspecified atom stereocenters. The summed E-state index contributed by atoms with van der Waals surface area (Å²) in [6, 6.07) is 9.20. The van der Waals surface area contributed by atoms with Crippen LogP contribution in [0.2, 0.25) is 0 Å². The SMILES string of the molecule is CCCOc1ccccc1NS(=O)(=O)c1ccc(=O)[nH]c1. The van der Waals surface area contributed by atoms with Gasteiger partial charge in [0, 0.05) is 12.3 Å². The van der Waals surface area contributed by atoms with Crippen molar-refractivity contribution in [2.45, 2.75) is 18.2 Å². The summed E-state index contributed by atoms with van der Waals surface area (Å²) in [5.41, 5.74) is -0.00206. The molecule has 1 aromatic carbocycles. The number of aromatic amines is 1. The average molecular weight is 308 g/mol. The smallest absolute Gasteiger partial charge is 0.263 e. The number of nitrogens with one attached hydrogen (secondary N) is 2. The first-order valence-electron chi connectivity index (χ1n) is 6.46. The standard InChI is InChI=1S/C14H16N2O4S/c1-2-9-20-13-6-4-3-5-12(13)16-21(18,19)11-7-8-14(17)15-10-11/h3-8,10,16H,2,9H2,1H3,(H,15,17). The zero-order valence-electron chi connectivity index (χ0n) is 11.5. The van der Waals surface area contributed by atoms with Crippen LogP contribution in [0.5, 0.6) is 5.75 Å². The lowest BCUT2D eigenvalue weighted by atomic mass is 10.3. The highest BCUT2D eigenvalue weighted by Crippen LogP contribution is 2.26. The van der Waals surface area contributed by atoms with Gasteiger partial charge in [-0.15, -0.1) is 0 Å². The molecule has 0 bridgehead atoms. The molecule has 2 N–H and O–H groups in total. The highest BCUT2D eigenvalue weighted by Gasteiger charge is 2.16.